The van der Waals surface area contributed by atoms with E-state index in [1.54, 1.807) is 0 Å². The third-order valence-electron chi connectivity index (χ3n) is 4.50. The molecule has 1 aromatic carbocycles. The minimum atomic E-state index is 0.785. The predicted molar refractivity (Wildman–Crippen MR) is 75.1 cm³/mol. The van der Waals surface area contributed by atoms with Crippen molar-refractivity contribution >= 4 is 16.6 Å². The molecular formula is C15H19N3. The maximum Gasteiger partial charge on any atom is 0.0624 e. The lowest BCUT2D eigenvalue weighted by molar-refractivity contribution is 0.231. The first-order valence-corrected chi connectivity index (χ1v) is 6.97. The molecule has 2 saturated heterocycles. The van der Waals surface area contributed by atoms with Gasteiger partial charge >= 0.3 is 0 Å². The number of anilines is 1. The summed E-state index contributed by atoms with van der Waals surface area (Å²) >= 11 is 0. The zero-order chi connectivity index (χ0) is 11.9. The van der Waals surface area contributed by atoms with E-state index in [0.717, 1.165) is 6.04 Å². The van der Waals surface area contributed by atoms with Crippen molar-refractivity contribution in [2.45, 2.75) is 18.9 Å². The Hall–Kier alpha value is -1.48. The zero-order valence-electron chi connectivity index (χ0n) is 10.6. The van der Waals surface area contributed by atoms with Crippen molar-refractivity contribution in [2.75, 3.05) is 31.1 Å². The van der Waals surface area contributed by atoms with Gasteiger partial charge in [-0.25, -0.2) is 0 Å². The summed E-state index contributed by atoms with van der Waals surface area (Å²) in [5, 5.41) is 1.36. The molecule has 3 nitrogen and oxygen atoms in total. The van der Waals surface area contributed by atoms with Crippen LogP contribution in [0.2, 0.25) is 0 Å². The van der Waals surface area contributed by atoms with Crippen LogP contribution in [0.1, 0.15) is 12.8 Å². The molecule has 3 heteroatoms. The van der Waals surface area contributed by atoms with Gasteiger partial charge in [0.2, 0.25) is 0 Å². The van der Waals surface area contributed by atoms with Crippen LogP contribution >= 0.6 is 0 Å². The Kier molecular flexibility index (Phi) is 2.33. The molecule has 2 aliphatic heterocycles. The average molecular weight is 241 g/mol. The number of nitrogens with zero attached hydrogens (tertiary/aromatic N) is 2. The number of benzene rings is 1. The lowest BCUT2D eigenvalue weighted by atomic mass is 10.1. The lowest BCUT2D eigenvalue weighted by Crippen LogP contribution is -2.50. The number of aromatic nitrogens is 1. The minimum absolute atomic E-state index is 0.785. The molecule has 94 valence electrons. The summed E-state index contributed by atoms with van der Waals surface area (Å²) in [6.45, 7) is 4.90. The fourth-order valence-electron chi connectivity index (χ4n) is 3.53. The van der Waals surface area contributed by atoms with Gasteiger partial charge in [-0.2, -0.15) is 0 Å². The molecule has 1 unspecified atom stereocenters. The molecule has 0 bridgehead atoms. The van der Waals surface area contributed by atoms with Gasteiger partial charge in [0.15, 0.2) is 0 Å². The Labute approximate surface area is 107 Å². The van der Waals surface area contributed by atoms with Crippen LogP contribution in [-0.4, -0.2) is 42.1 Å². The maximum absolute atomic E-state index is 3.39. The number of fused-ring (bicyclic) bond motifs is 2. The van der Waals surface area contributed by atoms with E-state index < -0.39 is 0 Å². The highest BCUT2D eigenvalue weighted by atomic mass is 15.3. The number of aromatic amines is 1. The lowest BCUT2D eigenvalue weighted by Gasteiger charge is -2.38. The van der Waals surface area contributed by atoms with Crippen molar-refractivity contribution in [1.29, 1.82) is 0 Å². The van der Waals surface area contributed by atoms with Gasteiger partial charge in [0, 0.05) is 42.8 Å². The zero-order valence-corrected chi connectivity index (χ0v) is 10.6. The molecule has 1 atom stereocenters. The molecule has 0 radical (unpaired) electrons. The second-order valence-corrected chi connectivity index (χ2v) is 5.50. The van der Waals surface area contributed by atoms with E-state index in [0.29, 0.717) is 0 Å². The van der Waals surface area contributed by atoms with Crippen molar-refractivity contribution in [1.82, 2.24) is 9.88 Å². The maximum atomic E-state index is 3.39. The summed E-state index contributed by atoms with van der Waals surface area (Å²) in [5.41, 5.74) is 2.64. The Morgan fingerprint density at radius 1 is 1.11 bits per heavy atom. The SMILES string of the molecule is c1ccc2c(N3CCN4CCCC4C3)c[nH]c2c1. The van der Waals surface area contributed by atoms with Crippen LogP contribution in [-0.2, 0) is 0 Å². The number of rotatable bonds is 1. The van der Waals surface area contributed by atoms with Crippen LogP contribution in [0.4, 0.5) is 5.69 Å². The van der Waals surface area contributed by atoms with E-state index in [-0.39, 0.29) is 0 Å². The first-order chi connectivity index (χ1) is 8.92. The quantitative estimate of drug-likeness (QED) is 0.828. The van der Waals surface area contributed by atoms with Gasteiger partial charge in [-0.15, -0.1) is 0 Å². The largest absolute Gasteiger partial charge is 0.367 e. The Bertz CT molecular complexity index is 560. The van der Waals surface area contributed by atoms with Gasteiger partial charge in [-0.05, 0) is 25.5 Å². The number of hydrogen-bond acceptors (Lipinski definition) is 2. The van der Waals surface area contributed by atoms with Gasteiger partial charge in [-0.3, -0.25) is 4.90 Å². The standard InChI is InChI=1S/C15H19N3/c1-2-6-14-13(5-1)15(10-16-14)18-9-8-17-7-3-4-12(17)11-18/h1-2,5-6,10,12,16H,3-4,7-9,11H2. The monoisotopic (exact) mass is 241 g/mol. The normalized spacial score (nSPS) is 24.7. The molecule has 4 rings (SSSR count). The number of nitrogens with one attached hydrogen (secondary N) is 1. The fourth-order valence-corrected chi connectivity index (χ4v) is 3.53. The van der Waals surface area contributed by atoms with Crippen LogP contribution < -0.4 is 4.90 Å². The first kappa shape index (κ1) is 10.4. The Morgan fingerprint density at radius 2 is 2.06 bits per heavy atom. The van der Waals surface area contributed by atoms with E-state index in [1.807, 2.05) is 0 Å². The molecule has 1 aromatic heterocycles. The van der Waals surface area contributed by atoms with Crippen molar-refractivity contribution in [2.24, 2.45) is 0 Å². The highest BCUT2D eigenvalue weighted by Gasteiger charge is 2.31. The summed E-state index contributed by atoms with van der Waals surface area (Å²) in [6.07, 6.45) is 4.93. The summed E-state index contributed by atoms with van der Waals surface area (Å²) < 4.78 is 0. The topological polar surface area (TPSA) is 22.3 Å². The van der Waals surface area contributed by atoms with Gasteiger partial charge in [0.1, 0.15) is 0 Å². The first-order valence-electron chi connectivity index (χ1n) is 6.97. The van der Waals surface area contributed by atoms with Gasteiger partial charge in [-0.1, -0.05) is 18.2 Å². The second kappa shape index (κ2) is 4.02. The molecule has 2 aliphatic rings. The number of para-hydroxylation sites is 1. The number of hydrogen-bond donors (Lipinski definition) is 1. The molecule has 3 heterocycles. The Balaban J connectivity index is 1.67. The van der Waals surface area contributed by atoms with Gasteiger partial charge in [0.25, 0.3) is 0 Å². The highest BCUT2D eigenvalue weighted by Crippen LogP contribution is 2.30. The number of piperazine rings is 1. The van der Waals surface area contributed by atoms with Crippen molar-refractivity contribution < 1.29 is 0 Å². The molecule has 0 spiro atoms. The van der Waals surface area contributed by atoms with Crippen LogP contribution in [0.15, 0.2) is 30.5 Å². The van der Waals surface area contributed by atoms with Crippen LogP contribution in [0.3, 0.4) is 0 Å². The van der Waals surface area contributed by atoms with E-state index in [1.165, 1.54) is 55.6 Å². The molecule has 2 aromatic rings. The molecular weight excluding hydrogens is 222 g/mol. The van der Waals surface area contributed by atoms with Crippen LogP contribution in [0.25, 0.3) is 10.9 Å². The highest BCUT2D eigenvalue weighted by molar-refractivity contribution is 5.92. The van der Waals surface area contributed by atoms with Crippen LogP contribution in [0.5, 0.6) is 0 Å². The van der Waals surface area contributed by atoms with Gasteiger partial charge < -0.3 is 9.88 Å². The van der Waals surface area contributed by atoms with Crippen LogP contribution in [0, 0.1) is 0 Å². The van der Waals surface area contributed by atoms with Gasteiger partial charge in [0.05, 0.1) is 5.69 Å². The summed E-state index contributed by atoms with van der Waals surface area (Å²) in [7, 11) is 0. The minimum Gasteiger partial charge on any atom is -0.367 e. The average Bonchev–Trinajstić information content (AvgIpc) is 3.04. The number of H-pyrrole nitrogens is 1. The Morgan fingerprint density at radius 3 is 3.06 bits per heavy atom. The van der Waals surface area contributed by atoms with E-state index in [9.17, 15) is 0 Å². The summed E-state index contributed by atoms with van der Waals surface area (Å²) in [4.78, 5) is 8.61. The van der Waals surface area contributed by atoms with Crippen molar-refractivity contribution in [3.05, 3.63) is 30.5 Å². The molecule has 0 saturated carbocycles. The molecule has 18 heavy (non-hydrogen) atoms. The van der Waals surface area contributed by atoms with E-state index >= 15 is 0 Å². The van der Waals surface area contributed by atoms with Crippen molar-refractivity contribution in [3.63, 3.8) is 0 Å². The summed E-state index contributed by atoms with van der Waals surface area (Å²) in [6, 6.07) is 9.39. The summed E-state index contributed by atoms with van der Waals surface area (Å²) in [5.74, 6) is 0. The molecule has 2 fully saturated rings. The fraction of sp³-hybridized carbons (Fsp3) is 0.467. The third kappa shape index (κ3) is 1.54. The molecule has 0 aliphatic carbocycles. The second-order valence-electron chi connectivity index (χ2n) is 5.50. The molecule has 0 amide bonds. The molecule has 1 N–H and O–H groups in total. The van der Waals surface area contributed by atoms with E-state index in [2.05, 4.69) is 45.2 Å². The van der Waals surface area contributed by atoms with E-state index in [4.69, 9.17) is 0 Å². The van der Waals surface area contributed by atoms with Crippen molar-refractivity contribution in [3.8, 4) is 0 Å². The predicted octanol–water partition coefficient (Wildman–Crippen LogP) is 2.45. The smallest absolute Gasteiger partial charge is 0.0624 e. The third-order valence-corrected chi connectivity index (χ3v) is 4.50.